The second-order valence-corrected chi connectivity index (χ2v) is 8.69. The zero-order chi connectivity index (χ0) is 19.8. The number of benzene rings is 1. The topological polar surface area (TPSA) is 71.0 Å². The van der Waals surface area contributed by atoms with Gasteiger partial charge in [-0.3, -0.25) is 4.79 Å². The molecule has 1 N–H and O–H groups in total. The maximum Gasteiger partial charge on any atom is 0.273 e. The molecule has 0 bridgehead atoms. The molecule has 3 aromatic rings. The maximum atomic E-state index is 13.1. The molecule has 2 aromatic heterocycles. The van der Waals surface area contributed by atoms with E-state index in [1.165, 1.54) is 16.9 Å². The lowest BCUT2D eigenvalue weighted by Gasteiger charge is -2.40. The highest BCUT2D eigenvalue weighted by atomic mass is 32.1. The Morgan fingerprint density at radius 2 is 2.07 bits per heavy atom. The summed E-state index contributed by atoms with van der Waals surface area (Å²) < 4.78 is 0. The van der Waals surface area contributed by atoms with Crippen LogP contribution >= 0.6 is 11.3 Å². The molecule has 1 atom stereocenters. The number of piperidine rings is 1. The van der Waals surface area contributed by atoms with Crippen LogP contribution in [0.1, 0.15) is 41.0 Å². The summed E-state index contributed by atoms with van der Waals surface area (Å²) in [6.07, 6.45) is 6.04. The summed E-state index contributed by atoms with van der Waals surface area (Å²) >= 11 is 1.46. The average Bonchev–Trinajstić information content (AvgIpc) is 3.39. The van der Waals surface area contributed by atoms with Crippen LogP contribution in [0.2, 0.25) is 0 Å². The monoisotopic (exact) mass is 405 g/mol. The molecule has 29 heavy (non-hydrogen) atoms. The van der Waals surface area contributed by atoms with Crippen molar-refractivity contribution in [2.24, 2.45) is 0 Å². The van der Waals surface area contributed by atoms with Gasteiger partial charge in [0.1, 0.15) is 5.69 Å². The van der Waals surface area contributed by atoms with Crippen molar-refractivity contribution >= 4 is 22.4 Å². The first-order chi connectivity index (χ1) is 14.2. The Morgan fingerprint density at radius 1 is 1.21 bits per heavy atom. The normalized spacial score (nSPS) is 20.7. The zero-order valence-corrected chi connectivity index (χ0v) is 17.2. The molecule has 1 amide bonds. The summed E-state index contributed by atoms with van der Waals surface area (Å²) in [5.74, 6) is 0.792. The van der Waals surface area contributed by atoms with Gasteiger partial charge in [-0.15, -0.1) is 11.3 Å². The molecule has 6 nitrogen and oxygen atoms in total. The van der Waals surface area contributed by atoms with Gasteiger partial charge in [0.05, 0.1) is 5.69 Å². The van der Waals surface area contributed by atoms with E-state index in [0.29, 0.717) is 12.2 Å². The van der Waals surface area contributed by atoms with Crippen LogP contribution < -0.4 is 5.32 Å². The van der Waals surface area contributed by atoms with Crippen LogP contribution in [0.4, 0.5) is 5.13 Å². The lowest BCUT2D eigenvalue weighted by atomic mass is 9.77. The Labute approximate surface area is 174 Å². The highest BCUT2D eigenvalue weighted by molar-refractivity contribution is 7.13. The molecular weight excluding hydrogens is 382 g/mol. The van der Waals surface area contributed by atoms with Crippen LogP contribution in [0.25, 0.3) is 11.4 Å². The van der Waals surface area contributed by atoms with Crippen molar-refractivity contribution in [2.75, 3.05) is 25.5 Å². The Balaban J connectivity index is 1.45. The van der Waals surface area contributed by atoms with E-state index in [1.54, 1.807) is 0 Å². The molecule has 0 saturated carbocycles. The van der Waals surface area contributed by atoms with Crippen LogP contribution in [-0.4, -0.2) is 45.9 Å². The van der Waals surface area contributed by atoms with Crippen molar-refractivity contribution in [3.8, 4) is 11.4 Å². The number of rotatable bonds is 3. The standard InChI is InChI=1S/C22H23N5OS/c1-23-21-25-17(13-29-21)20(28)27-11-5-9-22(14-27)10-8-16-12-24-19(26-18(16)22)15-6-3-2-4-7-15/h2-4,6-7,12-13H,5,8-11,14H2,1H3,(H,23,25). The number of amides is 1. The number of nitrogens with zero attached hydrogens (tertiary/aromatic N) is 4. The fourth-order valence-corrected chi connectivity index (χ4v) is 5.26. The molecule has 1 unspecified atom stereocenters. The Kier molecular flexibility index (Phi) is 4.54. The molecular formula is C22H23N5OS. The highest BCUT2D eigenvalue weighted by Gasteiger charge is 2.45. The third-order valence-corrected chi connectivity index (χ3v) is 6.93. The molecule has 1 aliphatic carbocycles. The fourth-order valence-electron chi connectivity index (χ4n) is 4.62. The third kappa shape index (κ3) is 3.19. The number of hydrogen-bond donors (Lipinski definition) is 1. The molecule has 3 heterocycles. The first kappa shape index (κ1) is 18.2. The van der Waals surface area contributed by atoms with E-state index in [0.717, 1.165) is 54.4 Å². The van der Waals surface area contributed by atoms with Crippen molar-refractivity contribution in [3.05, 3.63) is 58.9 Å². The average molecular weight is 406 g/mol. The van der Waals surface area contributed by atoms with E-state index >= 15 is 0 Å². The second-order valence-electron chi connectivity index (χ2n) is 7.83. The van der Waals surface area contributed by atoms with Gasteiger partial charge in [-0.05, 0) is 31.2 Å². The summed E-state index contributed by atoms with van der Waals surface area (Å²) in [4.78, 5) is 29.1. The van der Waals surface area contributed by atoms with Gasteiger partial charge in [0, 0.05) is 42.7 Å². The molecule has 2 aliphatic rings. The van der Waals surface area contributed by atoms with E-state index in [2.05, 4.69) is 15.3 Å². The number of aryl methyl sites for hydroxylation is 1. The van der Waals surface area contributed by atoms with Crippen molar-refractivity contribution in [1.82, 2.24) is 19.9 Å². The molecule has 1 aromatic carbocycles. The molecule has 1 saturated heterocycles. The summed E-state index contributed by atoms with van der Waals surface area (Å²) in [5, 5.41) is 5.62. The van der Waals surface area contributed by atoms with Gasteiger partial charge in [-0.2, -0.15) is 0 Å². The number of thiazole rings is 1. The lowest BCUT2D eigenvalue weighted by Crippen LogP contribution is -2.48. The van der Waals surface area contributed by atoms with Gasteiger partial charge in [0.15, 0.2) is 11.0 Å². The number of fused-ring (bicyclic) bond motifs is 2. The van der Waals surface area contributed by atoms with E-state index in [9.17, 15) is 4.79 Å². The minimum Gasteiger partial charge on any atom is -0.365 e. The molecule has 1 spiro atoms. The number of anilines is 1. The number of carbonyl (C=O) groups is 1. The third-order valence-electron chi connectivity index (χ3n) is 6.07. The zero-order valence-electron chi connectivity index (χ0n) is 16.4. The van der Waals surface area contributed by atoms with Crippen LogP contribution in [0.5, 0.6) is 0 Å². The number of carbonyl (C=O) groups excluding carboxylic acids is 1. The van der Waals surface area contributed by atoms with Crippen molar-refractivity contribution in [2.45, 2.75) is 31.1 Å². The second kappa shape index (κ2) is 7.22. The van der Waals surface area contributed by atoms with Gasteiger partial charge in [-0.1, -0.05) is 30.3 Å². The van der Waals surface area contributed by atoms with Gasteiger partial charge in [-0.25, -0.2) is 15.0 Å². The SMILES string of the molecule is CNc1nc(C(=O)N2CCCC3(CCc4cnc(-c5ccccc5)nc43)C2)cs1. The quantitative estimate of drug-likeness (QED) is 0.718. The molecule has 7 heteroatoms. The van der Waals surface area contributed by atoms with Crippen LogP contribution in [-0.2, 0) is 11.8 Å². The Hall–Kier alpha value is -2.80. The number of nitrogens with one attached hydrogen (secondary N) is 1. The van der Waals surface area contributed by atoms with Crippen molar-refractivity contribution < 1.29 is 4.79 Å². The summed E-state index contributed by atoms with van der Waals surface area (Å²) in [7, 11) is 1.82. The van der Waals surface area contributed by atoms with Gasteiger partial charge < -0.3 is 10.2 Å². The molecule has 0 radical (unpaired) electrons. The first-order valence-electron chi connectivity index (χ1n) is 10.0. The summed E-state index contributed by atoms with van der Waals surface area (Å²) in [6.45, 7) is 1.48. The number of likely N-dealkylation sites (tertiary alicyclic amines) is 1. The van der Waals surface area contributed by atoms with Crippen LogP contribution in [0, 0.1) is 0 Å². The summed E-state index contributed by atoms with van der Waals surface area (Å²) in [6, 6.07) is 10.1. The van der Waals surface area contributed by atoms with Crippen LogP contribution in [0.3, 0.4) is 0 Å². The minimum absolute atomic E-state index is 0.0209. The van der Waals surface area contributed by atoms with E-state index in [1.807, 2.05) is 53.9 Å². The minimum atomic E-state index is -0.0719. The number of aromatic nitrogens is 3. The van der Waals surface area contributed by atoms with Crippen molar-refractivity contribution in [3.63, 3.8) is 0 Å². The maximum absolute atomic E-state index is 13.1. The molecule has 148 valence electrons. The van der Waals surface area contributed by atoms with Gasteiger partial charge in [0.25, 0.3) is 5.91 Å². The molecule has 5 rings (SSSR count). The largest absolute Gasteiger partial charge is 0.365 e. The van der Waals surface area contributed by atoms with E-state index in [4.69, 9.17) is 4.98 Å². The van der Waals surface area contributed by atoms with Gasteiger partial charge >= 0.3 is 0 Å². The molecule has 1 aliphatic heterocycles. The Morgan fingerprint density at radius 3 is 2.86 bits per heavy atom. The van der Waals surface area contributed by atoms with E-state index < -0.39 is 0 Å². The first-order valence-corrected chi connectivity index (χ1v) is 10.9. The Bertz CT molecular complexity index is 1050. The fraction of sp³-hybridized carbons (Fsp3) is 0.364. The van der Waals surface area contributed by atoms with Crippen molar-refractivity contribution in [1.29, 1.82) is 0 Å². The predicted molar refractivity (Wildman–Crippen MR) is 114 cm³/mol. The predicted octanol–water partition coefficient (Wildman–Crippen LogP) is 3.76. The van der Waals surface area contributed by atoms with E-state index in [-0.39, 0.29) is 11.3 Å². The van der Waals surface area contributed by atoms with Crippen LogP contribution in [0.15, 0.2) is 41.9 Å². The lowest BCUT2D eigenvalue weighted by molar-refractivity contribution is 0.0628. The highest BCUT2D eigenvalue weighted by Crippen LogP contribution is 2.44. The summed E-state index contributed by atoms with van der Waals surface area (Å²) in [5.41, 5.74) is 3.85. The smallest absolute Gasteiger partial charge is 0.273 e. The molecule has 1 fully saturated rings. The van der Waals surface area contributed by atoms with Gasteiger partial charge in [0.2, 0.25) is 0 Å². The number of hydrogen-bond acceptors (Lipinski definition) is 6.